The molecule has 3 rings (SSSR count). The molecule has 156 valence electrons. The van der Waals surface area contributed by atoms with Crippen molar-refractivity contribution in [2.75, 3.05) is 18.4 Å². The number of rotatable bonds is 6. The Hall–Kier alpha value is -2.38. The molecule has 0 spiro atoms. The maximum absolute atomic E-state index is 13.0. The molecule has 0 saturated carbocycles. The van der Waals surface area contributed by atoms with Gasteiger partial charge in [-0.2, -0.15) is 4.31 Å². The number of nitrogens with zero attached hydrogens (tertiary/aromatic N) is 1. The van der Waals surface area contributed by atoms with Crippen molar-refractivity contribution < 1.29 is 17.9 Å². The summed E-state index contributed by atoms with van der Waals surface area (Å²) in [5, 5.41) is 2.76. The van der Waals surface area contributed by atoms with Crippen LogP contribution in [-0.2, 0) is 14.8 Å². The van der Waals surface area contributed by atoms with Gasteiger partial charge < -0.3 is 10.1 Å². The van der Waals surface area contributed by atoms with Crippen LogP contribution in [0.3, 0.4) is 0 Å². The van der Waals surface area contributed by atoms with Crippen LogP contribution in [0.25, 0.3) is 0 Å². The van der Waals surface area contributed by atoms with Crippen LogP contribution in [-0.4, -0.2) is 37.8 Å². The topological polar surface area (TPSA) is 75.7 Å². The maximum atomic E-state index is 13.0. The molecule has 0 aliphatic carbocycles. The Kier molecular flexibility index (Phi) is 6.92. The summed E-state index contributed by atoms with van der Waals surface area (Å²) in [6.45, 7) is 4.70. The van der Waals surface area contributed by atoms with Gasteiger partial charge in [-0.3, -0.25) is 4.79 Å². The molecule has 1 N–H and O–H groups in total. The second-order valence-electron chi connectivity index (χ2n) is 7.41. The van der Waals surface area contributed by atoms with Crippen LogP contribution >= 0.6 is 0 Å². The molecular formula is C22H28N2O4S. The van der Waals surface area contributed by atoms with Gasteiger partial charge in [0.15, 0.2) is 6.10 Å². The van der Waals surface area contributed by atoms with Crippen LogP contribution in [0.5, 0.6) is 5.75 Å². The summed E-state index contributed by atoms with van der Waals surface area (Å²) in [7, 11) is -3.57. The highest BCUT2D eigenvalue weighted by Crippen LogP contribution is 2.23. The zero-order valence-electron chi connectivity index (χ0n) is 16.9. The quantitative estimate of drug-likeness (QED) is 0.773. The van der Waals surface area contributed by atoms with Gasteiger partial charge in [0, 0.05) is 18.8 Å². The second-order valence-corrected chi connectivity index (χ2v) is 9.35. The molecule has 1 unspecified atom stereocenters. The van der Waals surface area contributed by atoms with Gasteiger partial charge in [-0.15, -0.1) is 0 Å². The number of hydrogen-bond donors (Lipinski definition) is 1. The smallest absolute Gasteiger partial charge is 0.265 e. The first-order valence-corrected chi connectivity index (χ1v) is 11.4. The molecule has 1 aliphatic rings. The summed E-state index contributed by atoms with van der Waals surface area (Å²) >= 11 is 0. The predicted octanol–water partition coefficient (Wildman–Crippen LogP) is 3.97. The van der Waals surface area contributed by atoms with Crippen LogP contribution in [0.2, 0.25) is 0 Å². The molecule has 0 bridgehead atoms. The third kappa shape index (κ3) is 5.58. The third-order valence-electron chi connectivity index (χ3n) is 4.98. The maximum Gasteiger partial charge on any atom is 0.265 e. The van der Waals surface area contributed by atoms with Crippen molar-refractivity contribution in [3.63, 3.8) is 0 Å². The molecule has 7 heteroatoms. The monoisotopic (exact) mass is 416 g/mol. The molecule has 1 amide bonds. The number of aryl methyl sites for hydroxylation is 1. The molecule has 0 radical (unpaired) electrons. The van der Waals surface area contributed by atoms with Gasteiger partial charge in [0.25, 0.3) is 5.91 Å². The molecule has 1 heterocycles. The van der Waals surface area contributed by atoms with E-state index in [2.05, 4.69) is 5.32 Å². The molecule has 1 fully saturated rings. The number of amides is 1. The van der Waals surface area contributed by atoms with E-state index in [0.717, 1.165) is 31.2 Å². The van der Waals surface area contributed by atoms with Crippen LogP contribution in [0.4, 0.5) is 5.69 Å². The van der Waals surface area contributed by atoms with Crippen LogP contribution in [0.15, 0.2) is 53.4 Å². The molecule has 1 aliphatic heterocycles. The minimum Gasteiger partial charge on any atom is -0.481 e. The van der Waals surface area contributed by atoms with Crippen LogP contribution in [0.1, 0.15) is 38.2 Å². The first-order valence-electron chi connectivity index (χ1n) is 10.0. The number of carbonyl (C=O) groups excluding carboxylic acids is 1. The second kappa shape index (κ2) is 9.41. The highest BCUT2D eigenvalue weighted by Gasteiger charge is 2.25. The van der Waals surface area contributed by atoms with Gasteiger partial charge in [-0.1, -0.05) is 31.0 Å². The van der Waals surface area contributed by atoms with Gasteiger partial charge >= 0.3 is 0 Å². The van der Waals surface area contributed by atoms with E-state index in [1.807, 2.05) is 25.1 Å². The molecule has 1 saturated heterocycles. The van der Waals surface area contributed by atoms with Crippen molar-refractivity contribution in [1.29, 1.82) is 0 Å². The number of anilines is 1. The van der Waals surface area contributed by atoms with Crippen molar-refractivity contribution in [2.45, 2.75) is 50.5 Å². The summed E-state index contributed by atoms with van der Waals surface area (Å²) < 4.78 is 33.2. The van der Waals surface area contributed by atoms with Crippen molar-refractivity contribution >= 4 is 21.6 Å². The summed E-state index contributed by atoms with van der Waals surface area (Å²) in [5.41, 5.74) is 1.48. The number of sulfonamides is 1. The average Bonchev–Trinajstić information content (AvgIpc) is 2.98. The Balaban J connectivity index is 1.69. The van der Waals surface area contributed by atoms with Gasteiger partial charge in [0.2, 0.25) is 10.0 Å². The van der Waals surface area contributed by atoms with E-state index in [0.29, 0.717) is 24.5 Å². The molecule has 6 nitrogen and oxygen atoms in total. The fraction of sp³-hybridized carbons (Fsp3) is 0.409. The normalized spacial score (nSPS) is 16.6. The Labute approximate surface area is 172 Å². The van der Waals surface area contributed by atoms with Crippen molar-refractivity contribution in [3.05, 3.63) is 54.1 Å². The van der Waals surface area contributed by atoms with E-state index < -0.39 is 16.1 Å². The Bertz CT molecular complexity index is 951. The zero-order valence-corrected chi connectivity index (χ0v) is 17.7. The third-order valence-corrected chi connectivity index (χ3v) is 6.87. The van der Waals surface area contributed by atoms with Crippen LogP contribution in [0, 0.1) is 6.92 Å². The average molecular weight is 417 g/mol. The molecule has 1 atom stereocenters. The number of nitrogens with one attached hydrogen (secondary N) is 1. The lowest BCUT2D eigenvalue weighted by atomic mass is 10.2. The van der Waals surface area contributed by atoms with Crippen molar-refractivity contribution in [1.82, 2.24) is 4.31 Å². The number of ether oxygens (including phenoxy) is 1. The minimum atomic E-state index is -3.57. The molecule has 0 aromatic heterocycles. The van der Waals surface area contributed by atoms with E-state index in [-0.39, 0.29) is 10.8 Å². The lowest BCUT2D eigenvalue weighted by molar-refractivity contribution is -0.122. The summed E-state index contributed by atoms with van der Waals surface area (Å²) in [6.07, 6.45) is 3.15. The van der Waals surface area contributed by atoms with Crippen molar-refractivity contribution in [3.8, 4) is 5.75 Å². The molecular weight excluding hydrogens is 388 g/mol. The number of benzene rings is 2. The van der Waals surface area contributed by atoms with Gasteiger partial charge in [-0.25, -0.2) is 8.42 Å². The predicted molar refractivity (Wildman–Crippen MR) is 114 cm³/mol. The lowest BCUT2D eigenvalue weighted by Gasteiger charge is -2.20. The zero-order chi connectivity index (χ0) is 20.9. The fourth-order valence-corrected chi connectivity index (χ4v) is 4.92. The van der Waals surface area contributed by atoms with Gasteiger partial charge in [0.05, 0.1) is 4.90 Å². The van der Waals surface area contributed by atoms with E-state index >= 15 is 0 Å². The summed E-state index contributed by atoms with van der Waals surface area (Å²) in [6, 6.07) is 13.9. The molecule has 2 aromatic carbocycles. The number of carbonyl (C=O) groups is 1. The van der Waals surface area contributed by atoms with Gasteiger partial charge in [-0.05, 0) is 62.6 Å². The highest BCUT2D eigenvalue weighted by molar-refractivity contribution is 7.89. The molecule has 2 aromatic rings. The van der Waals surface area contributed by atoms with Crippen LogP contribution < -0.4 is 10.1 Å². The van der Waals surface area contributed by atoms with Crippen molar-refractivity contribution in [2.24, 2.45) is 0 Å². The van der Waals surface area contributed by atoms with E-state index in [1.165, 1.54) is 6.07 Å². The van der Waals surface area contributed by atoms with E-state index in [1.54, 1.807) is 35.5 Å². The first-order chi connectivity index (χ1) is 13.9. The summed E-state index contributed by atoms with van der Waals surface area (Å²) in [5.74, 6) is 0.279. The van der Waals surface area contributed by atoms with E-state index in [9.17, 15) is 13.2 Å². The standard InChI is InChI=1S/C22H28N2O4S/c1-17-9-7-11-20(15-17)28-18(2)22(25)23-19-10-8-12-21(16-19)29(26,27)24-13-5-3-4-6-14-24/h7-12,15-16,18H,3-6,13-14H2,1-2H3,(H,23,25). The fourth-order valence-electron chi connectivity index (χ4n) is 3.36. The SMILES string of the molecule is Cc1cccc(OC(C)C(=O)Nc2cccc(S(=O)(=O)N3CCCCCC3)c2)c1. The lowest BCUT2D eigenvalue weighted by Crippen LogP contribution is -2.32. The largest absolute Gasteiger partial charge is 0.481 e. The van der Waals surface area contributed by atoms with Gasteiger partial charge in [0.1, 0.15) is 5.75 Å². The Morgan fingerprint density at radius 1 is 1.03 bits per heavy atom. The Morgan fingerprint density at radius 2 is 1.72 bits per heavy atom. The van der Waals surface area contributed by atoms with E-state index in [4.69, 9.17) is 4.74 Å². The first kappa shape index (κ1) is 21.3. The Morgan fingerprint density at radius 3 is 2.41 bits per heavy atom. The summed E-state index contributed by atoms with van der Waals surface area (Å²) in [4.78, 5) is 12.7. The highest BCUT2D eigenvalue weighted by atomic mass is 32.2. The molecule has 29 heavy (non-hydrogen) atoms. The number of hydrogen-bond acceptors (Lipinski definition) is 4. The minimum absolute atomic E-state index is 0.199.